The monoisotopic (exact) mass is 413 g/mol. The minimum Gasteiger partial charge on any atom is -0.493 e. The highest BCUT2D eigenvalue weighted by atomic mass is 79.9. The normalized spacial score (nSPS) is 10.4. The second-order valence-corrected chi connectivity index (χ2v) is 6.53. The molecule has 0 spiro atoms. The highest BCUT2D eigenvalue weighted by Gasteiger charge is 2.13. The Balaban J connectivity index is 1.76. The molecule has 0 fully saturated rings. The van der Waals surface area contributed by atoms with Crippen LogP contribution in [0.3, 0.4) is 0 Å². The van der Waals surface area contributed by atoms with Gasteiger partial charge in [-0.3, -0.25) is 4.79 Å². The van der Waals surface area contributed by atoms with Gasteiger partial charge in [-0.15, -0.1) is 0 Å². The Morgan fingerprint density at radius 3 is 2.38 bits per heavy atom. The van der Waals surface area contributed by atoms with Gasteiger partial charge in [0, 0.05) is 21.7 Å². The summed E-state index contributed by atoms with van der Waals surface area (Å²) in [5.41, 5.74) is 2.37. The standard InChI is InChI=1S/C20H18BrN2O3/c1-25-19-8-5-15(11-20(19)26-2)17-9-10-23(13-22-17)12-18(24)14-3-6-16(21)7-4-14/h3-11,13H,12H2,1-2H3/q+1. The number of nitrogens with zero attached hydrogens (tertiary/aromatic N) is 2. The van der Waals surface area contributed by atoms with E-state index in [9.17, 15) is 4.79 Å². The van der Waals surface area contributed by atoms with Gasteiger partial charge in [0.1, 0.15) is 0 Å². The minimum atomic E-state index is 0.0307. The van der Waals surface area contributed by atoms with Crippen molar-refractivity contribution in [1.29, 1.82) is 0 Å². The smallest absolute Gasteiger partial charge is 0.287 e. The zero-order valence-electron chi connectivity index (χ0n) is 14.5. The van der Waals surface area contributed by atoms with Gasteiger partial charge in [0.15, 0.2) is 23.7 Å². The van der Waals surface area contributed by atoms with Crippen molar-refractivity contribution in [2.24, 2.45) is 0 Å². The molecule has 0 bridgehead atoms. The topological polar surface area (TPSA) is 52.3 Å². The Bertz CT molecular complexity index is 909. The lowest BCUT2D eigenvalue weighted by Gasteiger charge is -2.08. The molecule has 0 aliphatic heterocycles. The molecule has 5 nitrogen and oxygen atoms in total. The quantitative estimate of drug-likeness (QED) is 0.456. The highest BCUT2D eigenvalue weighted by molar-refractivity contribution is 9.10. The molecule has 0 N–H and O–H groups in total. The van der Waals surface area contributed by atoms with Crippen LogP contribution in [0.2, 0.25) is 0 Å². The summed E-state index contributed by atoms with van der Waals surface area (Å²) in [6.07, 6.45) is 3.50. The maximum Gasteiger partial charge on any atom is 0.287 e. The molecule has 0 unspecified atom stereocenters. The number of carbonyl (C=O) groups excluding carboxylic acids is 1. The van der Waals surface area contributed by atoms with Crippen molar-refractivity contribution in [3.05, 3.63) is 71.1 Å². The van der Waals surface area contributed by atoms with E-state index in [-0.39, 0.29) is 12.3 Å². The second kappa shape index (κ2) is 8.10. The number of ketones is 1. The summed E-state index contributed by atoms with van der Waals surface area (Å²) in [6, 6.07) is 14.8. The molecular weight excluding hydrogens is 396 g/mol. The molecule has 6 heteroatoms. The first-order chi connectivity index (χ1) is 12.6. The van der Waals surface area contributed by atoms with Gasteiger partial charge >= 0.3 is 0 Å². The third kappa shape index (κ3) is 4.08. The summed E-state index contributed by atoms with van der Waals surface area (Å²) in [5.74, 6) is 1.35. The number of hydrogen-bond acceptors (Lipinski definition) is 4. The molecule has 1 aromatic heterocycles. The van der Waals surface area contributed by atoms with Gasteiger partial charge in [0.05, 0.1) is 20.4 Å². The zero-order valence-corrected chi connectivity index (χ0v) is 16.1. The van der Waals surface area contributed by atoms with Gasteiger partial charge in [-0.05, 0) is 35.3 Å². The first kappa shape index (κ1) is 18.1. The van der Waals surface area contributed by atoms with E-state index < -0.39 is 0 Å². The molecule has 0 aliphatic carbocycles. The van der Waals surface area contributed by atoms with Crippen molar-refractivity contribution in [3.8, 4) is 22.8 Å². The number of benzene rings is 2. The molecule has 0 saturated heterocycles. The average Bonchev–Trinajstić information content (AvgIpc) is 2.68. The van der Waals surface area contributed by atoms with Gasteiger partial charge < -0.3 is 9.47 Å². The van der Waals surface area contributed by atoms with Crippen molar-refractivity contribution in [1.82, 2.24) is 4.98 Å². The van der Waals surface area contributed by atoms with Crippen LogP contribution in [0, 0.1) is 0 Å². The number of Topliss-reactive ketones (excluding diaryl/α,β-unsaturated/α-hetero) is 1. The summed E-state index contributed by atoms with van der Waals surface area (Å²) in [4.78, 5) is 16.8. The molecule has 3 aromatic rings. The molecule has 0 radical (unpaired) electrons. The van der Waals surface area contributed by atoms with Gasteiger partial charge in [-0.2, -0.15) is 0 Å². The summed E-state index contributed by atoms with van der Waals surface area (Å²) in [5, 5.41) is 0. The van der Waals surface area contributed by atoms with E-state index in [0.717, 1.165) is 15.7 Å². The third-order valence-electron chi connectivity index (χ3n) is 3.94. The van der Waals surface area contributed by atoms with E-state index >= 15 is 0 Å². The number of ether oxygens (including phenoxy) is 2. The lowest BCUT2D eigenvalue weighted by atomic mass is 10.1. The molecule has 1 heterocycles. The summed E-state index contributed by atoms with van der Waals surface area (Å²) in [6.45, 7) is 0.237. The van der Waals surface area contributed by atoms with E-state index in [4.69, 9.17) is 9.47 Å². The molecule has 3 rings (SSSR count). The van der Waals surface area contributed by atoms with Crippen LogP contribution in [0.1, 0.15) is 10.4 Å². The molecule has 0 aliphatic rings. The zero-order chi connectivity index (χ0) is 18.5. The van der Waals surface area contributed by atoms with Gasteiger partial charge in [-0.25, -0.2) is 4.57 Å². The van der Waals surface area contributed by atoms with Crippen molar-refractivity contribution >= 4 is 21.7 Å². The van der Waals surface area contributed by atoms with Crippen LogP contribution in [0.15, 0.2) is 65.5 Å². The Morgan fingerprint density at radius 2 is 1.77 bits per heavy atom. The fourth-order valence-electron chi connectivity index (χ4n) is 2.54. The lowest BCUT2D eigenvalue weighted by molar-refractivity contribution is -0.686. The van der Waals surface area contributed by atoms with Gasteiger partial charge in [0.2, 0.25) is 5.78 Å². The SMILES string of the molecule is COc1ccc(-c2cc[n+](CC(=O)c3ccc(Br)cc3)cn2)cc1OC. The predicted octanol–water partition coefficient (Wildman–Crippen LogP) is 3.70. The van der Waals surface area contributed by atoms with Crippen LogP contribution in [0.25, 0.3) is 11.3 Å². The van der Waals surface area contributed by atoms with Crippen LogP contribution in [-0.4, -0.2) is 25.0 Å². The van der Waals surface area contributed by atoms with E-state index in [0.29, 0.717) is 17.1 Å². The van der Waals surface area contributed by atoms with Crippen LogP contribution in [0.5, 0.6) is 11.5 Å². The van der Waals surface area contributed by atoms with Crippen LogP contribution in [-0.2, 0) is 6.54 Å². The Labute approximate surface area is 160 Å². The number of hydrogen-bond donors (Lipinski definition) is 0. The fraction of sp³-hybridized carbons (Fsp3) is 0.150. The average molecular weight is 414 g/mol. The lowest BCUT2D eigenvalue weighted by Crippen LogP contribution is -2.37. The van der Waals surface area contributed by atoms with E-state index in [1.807, 2.05) is 42.6 Å². The molecular formula is C20H18BrN2O3+. The maximum absolute atomic E-state index is 12.3. The van der Waals surface area contributed by atoms with Crippen LogP contribution < -0.4 is 14.0 Å². The van der Waals surface area contributed by atoms with Crippen molar-refractivity contribution < 1.29 is 18.8 Å². The van der Waals surface area contributed by atoms with Gasteiger partial charge in [0.25, 0.3) is 6.33 Å². The van der Waals surface area contributed by atoms with Crippen molar-refractivity contribution in [3.63, 3.8) is 0 Å². The first-order valence-corrected chi connectivity index (χ1v) is 8.76. The Kier molecular flexibility index (Phi) is 5.63. The van der Waals surface area contributed by atoms with Crippen LogP contribution in [0.4, 0.5) is 0 Å². The number of carbonyl (C=O) groups is 1. The summed E-state index contributed by atoms with van der Waals surface area (Å²) < 4.78 is 13.3. The summed E-state index contributed by atoms with van der Waals surface area (Å²) in [7, 11) is 3.20. The van der Waals surface area contributed by atoms with E-state index in [1.165, 1.54) is 0 Å². The van der Waals surface area contributed by atoms with E-state index in [2.05, 4.69) is 20.9 Å². The van der Waals surface area contributed by atoms with Crippen molar-refractivity contribution in [2.45, 2.75) is 6.54 Å². The maximum atomic E-state index is 12.3. The predicted molar refractivity (Wildman–Crippen MR) is 101 cm³/mol. The molecule has 2 aromatic carbocycles. The molecule has 0 atom stereocenters. The molecule has 132 valence electrons. The largest absolute Gasteiger partial charge is 0.493 e. The van der Waals surface area contributed by atoms with E-state index in [1.54, 1.807) is 37.2 Å². The minimum absolute atomic E-state index is 0.0307. The third-order valence-corrected chi connectivity index (χ3v) is 4.47. The molecule has 26 heavy (non-hydrogen) atoms. The van der Waals surface area contributed by atoms with Crippen LogP contribution >= 0.6 is 15.9 Å². The Morgan fingerprint density at radius 1 is 1.04 bits per heavy atom. The van der Waals surface area contributed by atoms with Crippen molar-refractivity contribution in [2.75, 3.05) is 14.2 Å². The van der Waals surface area contributed by atoms with Gasteiger partial charge in [-0.1, -0.05) is 28.1 Å². The first-order valence-electron chi connectivity index (χ1n) is 7.97. The highest BCUT2D eigenvalue weighted by Crippen LogP contribution is 2.31. The number of aromatic nitrogens is 2. The number of halogens is 1. The summed E-state index contributed by atoms with van der Waals surface area (Å²) >= 11 is 3.37. The Hall–Kier alpha value is -2.73. The molecule has 0 amide bonds. The molecule has 0 saturated carbocycles. The number of rotatable bonds is 6. The number of methoxy groups -OCH3 is 2. The fourth-order valence-corrected chi connectivity index (χ4v) is 2.80. The second-order valence-electron chi connectivity index (χ2n) is 5.62.